The fourth-order valence-corrected chi connectivity index (χ4v) is 3.18. The molecule has 0 bridgehead atoms. The molecule has 2 rings (SSSR count). The topological polar surface area (TPSA) is 46.5 Å². The zero-order valence-electron chi connectivity index (χ0n) is 13.6. The maximum atomic E-state index is 12.2. The number of esters is 1. The highest BCUT2D eigenvalue weighted by atomic mass is 28.3. The predicted octanol–water partition coefficient (Wildman–Crippen LogP) is 3.98. The first-order chi connectivity index (χ1) is 10.3. The highest BCUT2D eigenvalue weighted by Gasteiger charge is 2.27. The molecule has 1 aromatic carbocycles. The third kappa shape index (κ3) is 5.23. The van der Waals surface area contributed by atoms with Gasteiger partial charge >= 0.3 is 5.97 Å². The van der Waals surface area contributed by atoms with Crippen LogP contribution < -0.4 is 4.74 Å². The molecule has 118 valence electrons. The van der Waals surface area contributed by atoms with Crippen LogP contribution in [0.25, 0.3) is 0 Å². The normalized spacial score (nSPS) is 21.6. The minimum Gasteiger partial charge on any atom is -0.508 e. The third-order valence-corrected chi connectivity index (χ3v) is 4.64. The van der Waals surface area contributed by atoms with Crippen LogP contribution in [0, 0.1) is 23.3 Å². The van der Waals surface area contributed by atoms with E-state index < -0.39 is 8.07 Å². The lowest BCUT2D eigenvalue weighted by Gasteiger charge is -2.24. The quantitative estimate of drug-likeness (QED) is 0.388. The second-order valence-electron chi connectivity index (χ2n) is 6.99. The Morgan fingerprint density at radius 1 is 1.23 bits per heavy atom. The number of aromatic hydroxyl groups is 1. The van der Waals surface area contributed by atoms with Crippen molar-refractivity contribution in [3.8, 4) is 23.0 Å². The Bertz CT molecular complexity index is 584. The number of phenolic OH excluding ortho intramolecular Hbond substituents is 1. The maximum Gasteiger partial charge on any atom is 0.314 e. The summed E-state index contributed by atoms with van der Waals surface area (Å²) in [5.74, 6) is 4.11. The minimum absolute atomic E-state index is 0.0488. The van der Waals surface area contributed by atoms with E-state index in [2.05, 4.69) is 31.1 Å². The summed E-state index contributed by atoms with van der Waals surface area (Å²) in [6.07, 6.45) is 3.61. The molecular weight excluding hydrogens is 292 g/mol. The van der Waals surface area contributed by atoms with Crippen LogP contribution >= 0.6 is 0 Å². The molecule has 0 atom stereocenters. The number of benzene rings is 1. The fourth-order valence-electron chi connectivity index (χ4n) is 2.54. The maximum absolute atomic E-state index is 12.2. The summed E-state index contributed by atoms with van der Waals surface area (Å²) in [4.78, 5) is 12.2. The molecule has 0 heterocycles. The van der Waals surface area contributed by atoms with Gasteiger partial charge in [0.25, 0.3) is 0 Å². The van der Waals surface area contributed by atoms with Gasteiger partial charge in [-0.15, -0.1) is 11.5 Å². The second-order valence-corrected chi connectivity index (χ2v) is 11.7. The summed E-state index contributed by atoms with van der Waals surface area (Å²) in [6, 6.07) is 6.37. The monoisotopic (exact) mass is 316 g/mol. The summed E-state index contributed by atoms with van der Waals surface area (Å²) in [5, 5.41) is 9.39. The van der Waals surface area contributed by atoms with E-state index in [1.165, 1.54) is 6.07 Å². The lowest BCUT2D eigenvalue weighted by atomic mass is 9.82. The molecule has 1 N–H and O–H groups in total. The van der Waals surface area contributed by atoms with Crippen molar-refractivity contribution in [3.05, 3.63) is 24.3 Å². The SMILES string of the molecule is C[Si](C)(C)C#CC1CCC(C(=O)Oc2cccc(O)c2)CC1. The van der Waals surface area contributed by atoms with Crippen LogP contribution in [0.5, 0.6) is 11.5 Å². The summed E-state index contributed by atoms with van der Waals surface area (Å²) in [7, 11) is -1.31. The van der Waals surface area contributed by atoms with Gasteiger partial charge in [0.2, 0.25) is 0 Å². The van der Waals surface area contributed by atoms with Gasteiger partial charge in [-0.3, -0.25) is 4.79 Å². The van der Waals surface area contributed by atoms with Gasteiger partial charge in [-0.2, -0.15) is 0 Å². The molecule has 22 heavy (non-hydrogen) atoms. The molecule has 1 fully saturated rings. The Balaban J connectivity index is 1.86. The van der Waals surface area contributed by atoms with E-state index in [1.54, 1.807) is 18.2 Å². The van der Waals surface area contributed by atoms with E-state index in [1.807, 2.05) is 0 Å². The predicted molar refractivity (Wildman–Crippen MR) is 90.3 cm³/mol. The van der Waals surface area contributed by atoms with Crippen LogP contribution in [0.3, 0.4) is 0 Å². The third-order valence-electron chi connectivity index (χ3n) is 3.75. The molecule has 1 saturated carbocycles. The van der Waals surface area contributed by atoms with E-state index in [0.717, 1.165) is 25.7 Å². The van der Waals surface area contributed by atoms with E-state index in [0.29, 0.717) is 11.7 Å². The van der Waals surface area contributed by atoms with Crippen LogP contribution in [0.1, 0.15) is 25.7 Å². The van der Waals surface area contributed by atoms with Gasteiger partial charge in [-0.05, 0) is 37.8 Å². The number of ether oxygens (including phenoxy) is 1. The first-order valence-electron chi connectivity index (χ1n) is 7.87. The van der Waals surface area contributed by atoms with Gasteiger partial charge in [0.15, 0.2) is 0 Å². The van der Waals surface area contributed by atoms with E-state index in [-0.39, 0.29) is 17.6 Å². The van der Waals surface area contributed by atoms with Gasteiger partial charge in [-0.1, -0.05) is 25.7 Å². The number of carbonyl (C=O) groups is 1. The molecule has 0 radical (unpaired) electrons. The van der Waals surface area contributed by atoms with Crippen molar-refractivity contribution in [2.45, 2.75) is 45.3 Å². The number of rotatable bonds is 2. The summed E-state index contributed by atoms with van der Waals surface area (Å²) < 4.78 is 5.36. The average molecular weight is 316 g/mol. The van der Waals surface area contributed by atoms with Gasteiger partial charge in [0.1, 0.15) is 19.6 Å². The number of hydrogen-bond donors (Lipinski definition) is 1. The van der Waals surface area contributed by atoms with Crippen LogP contribution in [-0.4, -0.2) is 19.1 Å². The van der Waals surface area contributed by atoms with Crippen LogP contribution in [0.2, 0.25) is 19.6 Å². The smallest absolute Gasteiger partial charge is 0.314 e. The van der Waals surface area contributed by atoms with E-state index in [4.69, 9.17) is 4.74 Å². The summed E-state index contributed by atoms with van der Waals surface area (Å²) in [5.41, 5.74) is 3.43. The summed E-state index contributed by atoms with van der Waals surface area (Å²) in [6.45, 7) is 6.74. The Hall–Kier alpha value is -1.73. The molecule has 0 unspecified atom stereocenters. The Morgan fingerprint density at radius 2 is 1.91 bits per heavy atom. The largest absolute Gasteiger partial charge is 0.508 e. The lowest BCUT2D eigenvalue weighted by Crippen LogP contribution is -2.25. The molecule has 0 amide bonds. The number of hydrogen-bond acceptors (Lipinski definition) is 3. The van der Waals surface area contributed by atoms with Crippen molar-refractivity contribution in [3.63, 3.8) is 0 Å². The van der Waals surface area contributed by atoms with Crippen molar-refractivity contribution < 1.29 is 14.6 Å². The molecule has 4 heteroatoms. The Kier molecular flexibility index (Phi) is 5.31. The molecule has 0 spiro atoms. The van der Waals surface area contributed by atoms with Gasteiger partial charge in [0, 0.05) is 12.0 Å². The van der Waals surface area contributed by atoms with Gasteiger partial charge in [0.05, 0.1) is 5.92 Å². The van der Waals surface area contributed by atoms with Crippen molar-refractivity contribution in [2.75, 3.05) is 0 Å². The van der Waals surface area contributed by atoms with Crippen LogP contribution in [0.4, 0.5) is 0 Å². The molecule has 1 aliphatic rings. The van der Waals surface area contributed by atoms with Crippen LogP contribution in [-0.2, 0) is 4.79 Å². The molecule has 3 nitrogen and oxygen atoms in total. The van der Waals surface area contributed by atoms with Gasteiger partial charge in [-0.25, -0.2) is 0 Å². The fraction of sp³-hybridized carbons (Fsp3) is 0.500. The second kappa shape index (κ2) is 7.02. The highest BCUT2D eigenvalue weighted by molar-refractivity contribution is 6.83. The number of carbonyl (C=O) groups excluding carboxylic acids is 1. The van der Waals surface area contributed by atoms with E-state index >= 15 is 0 Å². The molecule has 0 aliphatic heterocycles. The van der Waals surface area contributed by atoms with Crippen molar-refractivity contribution in [1.82, 2.24) is 0 Å². The zero-order chi connectivity index (χ0) is 16.2. The van der Waals surface area contributed by atoms with Crippen LogP contribution in [0.15, 0.2) is 24.3 Å². The summed E-state index contributed by atoms with van der Waals surface area (Å²) >= 11 is 0. The van der Waals surface area contributed by atoms with Crippen molar-refractivity contribution in [2.24, 2.45) is 11.8 Å². The molecule has 1 aliphatic carbocycles. The van der Waals surface area contributed by atoms with E-state index in [9.17, 15) is 9.90 Å². The standard InChI is InChI=1S/C18H24O3Si/c1-22(2,3)12-11-14-7-9-15(10-8-14)18(20)21-17-6-4-5-16(19)13-17/h4-6,13-15,19H,7-10H2,1-3H3. The first-order valence-corrected chi connectivity index (χ1v) is 11.4. The number of phenols is 1. The van der Waals surface area contributed by atoms with Crippen molar-refractivity contribution in [1.29, 1.82) is 0 Å². The lowest BCUT2D eigenvalue weighted by molar-refractivity contribution is -0.140. The zero-order valence-corrected chi connectivity index (χ0v) is 14.6. The molecule has 0 saturated heterocycles. The average Bonchev–Trinajstić information content (AvgIpc) is 2.45. The van der Waals surface area contributed by atoms with Gasteiger partial charge < -0.3 is 9.84 Å². The Morgan fingerprint density at radius 3 is 2.50 bits per heavy atom. The Labute approximate surface area is 133 Å². The minimum atomic E-state index is -1.31. The molecule has 1 aromatic rings. The molecule has 0 aromatic heterocycles. The highest BCUT2D eigenvalue weighted by Crippen LogP contribution is 2.30. The first kappa shape index (κ1) is 16.6. The molecular formula is C18H24O3Si. The van der Waals surface area contributed by atoms with Crippen molar-refractivity contribution >= 4 is 14.0 Å².